The Kier molecular flexibility index (Phi) is 4.79. The number of benzene rings is 1. The van der Waals surface area contributed by atoms with E-state index in [1.807, 2.05) is 12.1 Å². The molecule has 0 unspecified atom stereocenters. The Morgan fingerprint density at radius 3 is 2.89 bits per heavy atom. The molecule has 97 valence electrons. The van der Waals surface area contributed by atoms with Crippen LogP contribution in [-0.4, -0.2) is 11.6 Å². The van der Waals surface area contributed by atoms with Crippen LogP contribution in [0.5, 0.6) is 5.75 Å². The molecule has 2 rings (SSSR count). The Balaban J connectivity index is 2.09. The van der Waals surface area contributed by atoms with E-state index in [2.05, 4.69) is 18.3 Å². The van der Waals surface area contributed by atoms with Crippen molar-refractivity contribution in [1.82, 2.24) is 4.98 Å². The first-order valence-corrected chi connectivity index (χ1v) is 6.89. The number of aromatic amines is 1. The van der Waals surface area contributed by atoms with Crippen LogP contribution >= 0.6 is 23.2 Å². The van der Waals surface area contributed by atoms with Crippen LogP contribution in [0.1, 0.15) is 26.2 Å². The van der Waals surface area contributed by atoms with Crippen molar-refractivity contribution in [2.45, 2.75) is 26.2 Å². The van der Waals surface area contributed by atoms with Crippen LogP contribution in [0.3, 0.4) is 0 Å². The number of unbranched alkanes of at least 4 members (excludes halogenated alkanes) is 3. The highest BCUT2D eigenvalue weighted by atomic mass is 35.5. The summed E-state index contributed by atoms with van der Waals surface area (Å²) < 4.78 is 5.74. The highest BCUT2D eigenvalue weighted by Gasteiger charge is 2.11. The Hall–Kier alpha value is -0.860. The van der Waals surface area contributed by atoms with Crippen molar-refractivity contribution < 1.29 is 4.74 Å². The Labute approximate surface area is 117 Å². The number of hydrogen-bond acceptors (Lipinski definition) is 1. The van der Waals surface area contributed by atoms with Crippen LogP contribution in [0.2, 0.25) is 10.0 Å². The fourth-order valence-corrected chi connectivity index (χ4v) is 2.30. The second-order valence-electron chi connectivity index (χ2n) is 4.17. The minimum Gasteiger partial charge on any atom is -0.493 e. The summed E-state index contributed by atoms with van der Waals surface area (Å²) in [6.45, 7) is 2.77. The van der Waals surface area contributed by atoms with E-state index >= 15 is 0 Å². The summed E-state index contributed by atoms with van der Waals surface area (Å²) in [4.78, 5) is 3.05. The number of rotatable bonds is 6. The average molecular weight is 285 g/mol. The van der Waals surface area contributed by atoms with E-state index in [0.717, 1.165) is 23.1 Å². The van der Waals surface area contributed by atoms with Crippen LogP contribution in [0.15, 0.2) is 18.3 Å². The van der Waals surface area contributed by atoms with Gasteiger partial charge < -0.3 is 9.72 Å². The third-order valence-electron chi connectivity index (χ3n) is 2.82. The highest BCUT2D eigenvalue weighted by molar-refractivity contribution is 6.40. The lowest BCUT2D eigenvalue weighted by molar-refractivity contribution is 0.347. The summed E-state index contributed by atoms with van der Waals surface area (Å²) in [6.07, 6.45) is 7.35. The molecule has 18 heavy (non-hydrogen) atoms. The Bertz CT molecular complexity index is 522. The molecule has 1 radical (unpaired) electrons. The molecule has 0 aliphatic heterocycles. The predicted molar refractivity (Wildman–Crippen MR) is 77.6 cm³/mol. The number of fused-ring (bicyclic) bond motifs is 1. The van der Waals surface area contributed by atoms with Gasteiger partial charge in [-0.15, -0.1) is 0 Å². The number of halogens is 2. The van der Waals surface area contributed by atoms with Crippen molar-refractivity contribution in [2.24, 2.45) is 0 Å². The molecular formula is C14H16Cl2NO. The zero-order valence-corrected chi connectivity index (χ0v) is 11.8. The van der Waals surface area contributed by atoms with Gasteiger partial charge in [-0.3, -0.25) is 0 Å². The van der Waals surface area contributed by atoms with Crippen LogP contribution in [0.4, 0.5) is 0 Å². The van der Waals surface area contributed by atoms with E-state index in [1.165, 1.54) is 12.8 Å². The van der Waals surface area contributed by atoms with Crippen molar-refractivity contribution in [3.63, 3.8) is 0 Å². The monoisotopic (exact) mass is 284 g/mol. The molecule has 0 amide bonds. The number of ether oxygens (including phenoxy) is 1. The van der Waals surface area contributed by atoms with Gasteiger partial charge in [0.05, 0.1) is 27.6 Å². The van der Waals surface area contributed by atoms with Gasteiger partial charge in [0.1, 0.15) is 5.75 Å². The molecule has 4 heteroatoms. The Morgan fingerprint density at radius 1 is 1.28 bits per heavy atom. The van der Waals surface area contributed by atoms with Crippen molar-refractivity contribution in [2.75, 3.05) is 6.61 Å². The molecule has 0 saturated carbocycles. The summed E-state index contributed by atoms with van der Waals surface area (Å²) in [5.41, 5.74) is 0.827. The molecule has 1 aromatic heterocycles. The second kappa shape index (κ2) is 6.35. The summed E-state index contributed by atoms with van der Waals surface area (Å²) in [5, 5.41) is 2.14. The van der Waals surface area contributed by atoms with E-state index < -0.39 is 0 Å². The molecule has 0 aliphatic rings. The van der Waals surface area contributed by atoms with Gasteiger partial charge in [-0.1, -0.05) is 43.0 Å². The first-order chi connectivity index (χ1) is 8.74. The standard InChI is InChI=1S/C14H16Cl2NO/c1-2-3-4-5-8-18-12-7-6-10(15)14-13(12)11(16)9-17-14/h5-7,9,17H,2-4,8H2,1H3. The lowest BCUT2D eigenvalue weighted by Crippen LogP contribution is -1.98. The molecule has 0 spiro atoms. The zero-order valence-electron chi connectivity index (χ0n) is 10.3. The number of hydrogen-bond donors (Lipinski definition) is 1. The van der Waals surface area contributed by atoms with Crippen LogP contribution in [-0.2, 0) is 0 Å². The summed E-state index contributed by atoms with van der Waals surface area (Å²) in [7, 11) is 0. The predicted octanol–water partition coefficient (Wildman–Crippen LogP) is 5.25. The van der Waals surface area contributed by atoms with Gasteiger partial charge in [-0.2, -0.15) is 0 Å². The maximum Gasteiger partial charge on any atom is 0.130 e. The first kappa shape index (κ1) is 13.6. The lowest BCUT2D eigenvalue weighted by Gasteiger charge is -2.08. The maximum absolute atomic E-state index is 6.13. The van der Waals surface area contributed by atoms with Crippen LogP contribution < -0.4 is 4.74 Å². The third-order valence-corrected chi connectivity index (χ3v) is 3.43. The van der Waals surface area contributed by atoms with Crippen LogP contribution in [0, 0.1) is 6.42 Å². The average Bonchev–Trinajstić information content (AvgIpc) is 2.75. The second-order valence-corrected chi connectivity index (χ2v) is 4.99. The molecule has 1 aromatic carbocycles. The molecule has 0 fully saturated rings. The van der Waals surface area contributed by atoms with E-state index in [4.69, 9.17) is 27.9 Å². The summed E-state index contributed by atoms with van der Waals surface area (Å²) >= 11 is 12.2. The van der Waals surface area contributed by atoms with E-state index in [1.54, 1.807) is 6.20 Å². The lowest BCUT2D eigenvalue weighted by atomic mass is 10.2. The van der Waals surface area contributed by atoms with Gasteiger partial charge in [0, 0.05) is 6.20 Å². The molecule has 2 aromatic rings. The molecule has 0 bridgehead atoms. The molecule has 0 saturated heterocycles. The van der Waals surface area contributed by atoms with Gasteiger partial charge in [0.25, 0.3) is 0 Å². The number of nitrogens with one attached hydrogen (secondary N) is 1. The van der Waals surface area contributed by atoms with Crippen molar-refractivity contribution >= 4 is 34.1 Å². The van der Waals surface area contributed by atoms with Crippen LogP contribution in [0.25, 0.3) is 10.9 Å². The van der Waals surface area contributed by atoms with E-state index in [9.17, 15) is 0 Å². The van der Waals surface area contributed by atoms with Gasteiger partial charge in [-0.05, 0) is 25.0 Å². The zero-order chi connectivity index (χ0) is 13.0. The first-order valence-electron chi connectivity index (χ1n) is 6.13. The van der Waals surface area contributed by atoms with Crippen molar-refractivity contribution in [3.05, 3.63) is 34.8 Å². The Morgan fingerprint density at radius 2 is 2.11 bits per heavy atom. The summed E-state index contributed by atoms with van der Waals surface area (Å²) in [5.74, 6) is 0.772. The fourth-order valence-electron chi connectivity index (χ4n) is 1.84. The third kappa shape index (κ3) is 2.93. The van der Waals surface area contributed by atoms with Crippen molar-refractivity contribution in [3.8, 4) is 5.75 Å². The van der Waals surface area contributed by atoms with Crippen molar-refractivity contribution in [1.29, 1.82) is 0 Å². The highest BCUT2D eigenvalue weighted by Crippen LogP contribution is 2.36. The topological polar surface area (TPSA) is 25.0 Å². The number of aromatic nitrogens is 1. The molecule has 0 aliphatic carbocycles. The quantitative estimate of drug-likeness (QED) is 0.720. The SMILES string of the molecule is CCCC[CH]COc1ccc(Cl)c2[nH]cc(Cl)c12. The molecule has 1 N–H and O–H groups in total. The van der Waals surface area contributed by atoms with E-state index in [0.29, 0.717) is 16.7 Å². The van der Waals surface area contributed by atoms with Gasteiger partial charge in [0.15, 0.2) is 0 Å². The minimum absolute atomic E-state index is 0.595. The van der Waals surface area contributed by atoms with Gasteiger partial charge in [0.2, 0.25) is 0 Å². The maximum atomic E-state index is 6.13. The molecular weight excluding hydrogens is 269 g/mol. The molecule has 0 atom stereocenters. The van der Waals surface area contributed by atoms with E-state index in [-0.39, 0.29) is 0 Å². The normalized spacial score (nSPS) is 11.1. The smallest absolute Gasteiger partial charge is 0.130 e. The minimum atomic E-state index is 0.595. The molecule has 2 nitrogen and oxygen atoms in total. The van der Waals surface area contributed by atoms with Gasteiger partial charge >= 0.3 is 0 Å². The van der Waals surface area contributed by atoms with Gasteiger partial charge in [-0.25, -0.2) is 0 Å². The largest absolute Gasteiger partial charge is 0.493 e. The summed E-state index contributed by atoms with van der Waals surface area (Å²) in [6, 6.07) is 3.68. The molecule has 1 heterocycles. The fraction of sp³-hybridized carbons (Fsp3) is 0.357. The number of H-pyrrole nitrogens is 1.